The van der Waals surface area contributed by atoms with Crippen molar-refractivity contribution in [2.24, 2.45) is 0 Å². The lowest BCUT2D eigenvalue weighted by Gasteiger charge is -2.02. The van der Waals surface area contributed by atoms with Gasteiger partial charge < -0.3 is 10.1 Å². The molecule has 6 nitrogen and oxygen atoms in total. The van der Waals surface area contributed by atoms with E-state index in [1.165, 1.54) is 0 Å². The number of H-pyrrole nitrogens is 1. The summed E-state index contributed by atoms with van der Waals surface area (Å²) in [7, 11) is 1.66. The first-order valence-corrected chi connectivity index (χ1v) is 5.96. The number of unbranched alkanes of at least 4 members (excludes halogenated alkanes) is 2. The molecule has 17 heavy (non-hydrogen) atoms. The van der Waals surface area contributed by atoms with Crippen LogP contribution in [-0.4, -0.2) is 41.3 Å². The van der Waals surface area contributed by atoms with Crippen LogP contribution >= 0.6 is 0 Å². The molecule has 0 bridgehead atoms. The van der Waals surface area contributed by atoms with Crippen molar-refractivity contribution in [3.63, 3.8) is 0 Å². The maximum absolute atomic E-state index is 10.9. The topological polar surface area (TPSA) is 79.9 Å². The summed E-state index contributed by atoms with van der Waals surface area (Å²) in [5, 5.41) is 9.20. The minimum Gasteiger partial charge on any atom is -0.381 e. The molecule has 0 spiro atoms. The predicted octanol–water partition coefficient (Wildman–Crippen LogP) is 0.670. The molecule has 1 aromatic rings. The molecule has 0 atom stereocenters. The number of aromatic nitrogens is 3. The van der Waals surface area contributed by atoms with Gasteiger partial charge in [0.1, 0.15) is 6.33 Å². The number of carbonyl (C=O) groups excluding carboxylic acids is 1. The number of nitrogens with zero attached hydrogens (tertiary/aromatic N) is 2. The van der Waals surface area contributed by atoms with Gasteiger partial charge in [0.15, 0.2) is 5.82 Å². The number of hydrogen-bond acceptors (Lipinski definition) is 4. The number of nitrogens with one attached hydrogen (secondary N) is 2. The molecule has 0 radical (unpaired) electrons. The number of amides is 1. The van der Waals surface area contributed by atoms with E-state index in [0.717, 1.165) is 38.1 Å². The van der Waals surface area contributed by atoms with Crippen molar-refractivity contribution in [3.05, 3.63) is 12.2 Å². The Kier molecular flexibility index (Phi) is 6.97. The van der Waals surface area contributed by atoms with Crippen LogP contribution in [0.2, 0.25) is 0 Å². The van der Waals surface area contributed by atoms with Crippen molar-refractivity contribution in [2.75, 3.05) is 20.3 Å². The molecule has 0 saturated carbocycles. The quantitative estimate of drug-likeness (QED) is 0.622. The van der Waals surface area contributed by atoms with Gasteiger partial charge in [-0.25, -0.2) is 4.98 Å². The zero-order chi connectivity index (χ0) is 12.3. The fourth-order valence-corrected chi connectivity index (χ4v) is 1.41. The third-order valence-electron chi connectivity index (χ3n) is 2.41. The summed E-state index contributed by atoms with van der Waals surface area (Å²) in [4.78, 5) is 14.9. The van der Waals surface area contributed by atoms with Gasteiger partial charge in [-0.15, -0.1) is 0 Å². The van der Waals surface area contributed by atoms with Gasteiger partial charge in [-0.05, 0) is 12.8 Å². The second kappa shape index (κ2) is 8.69. The highest BCUT2D eigenvalue weighted by Gasteiger charge is 1.98. The van der Waals surface area contributed by atoms with Crippen LogP contribution in [-0.2, 0) is 16.0 Å². The normalized spacial score (nSPS) is 10.4. The minimum atomic E-state index is 0.107. The van der Waals surface area contributed by atoms with Gasteiger partial charge in [-0.1, -0.05) is 6.42 Å². The highest BCUT2D eigenvalue weighted by Crippen LogP contribution is 2.00. The van der Waals surface area contributed by atoms with E-state index in [2.05, 4.69) is 20.5 Å². The van der Waals surface area contributed by atoms with E-state index in [0.29, 0.717) is 13.0 Å². The largest absolute Gasteiger partial charge is 0.381 e. The molecule has 0 aromatic carbocycles. The first-order valence-electron chi connectivity index (χ1n) is 5.96. The van der Waals surface area contributed by atoms with E-state index in [1.54, 1.807) is 13.4 Å². The Bertz CT molecular complexity index is 300. The first kappa shape index (κ1) is 13.6. The van der Waals surface area contributed by atoms with E-state index in [9.17, 15) is 4.79 Å². The highest BCUT2D eigenvalue weighted by atomic mass is 16.5. The van der Waals surface area contributed by atoms with Gasteiger partial charge in [-0.3, -0.25) is 9.89 Å². The van der Waals surface area contributed by atoms with Gasteiger partial charge in [0.25, 0.3) is 0 Å². The van der Waals surface area contributed by atoms with E-state index in [4.69, 9.17) is 4.74 Å². The molecule has 1 rings (SSSR count). The summed E-state index contributed by atoms with van der Waals surface area (Å²) >= 11 is 0. The Morgan fingerprint density at radius 1 is 1.41 bits per heavy atom. The summed E-state index contributed by atoms with van der Waals surface area (Å²) in [5.41, 5.74) is 0. The maximum atomic E-state index is 10.9. The van der Waals surface area contributed by atoms with E-state index in [1.807, 2.05) is 0 Å². The standard InChI is InChI=1S/C11H20N4O2/c1-12-11(16)5-3-2-4-7-17-8-6-10-13-9-14-15-10/h9H,2-8H2,1H3,(H,12,16)(H,13,14,15). The zero-order valence-electron chi connectivity index (χ0n) is 10.2. The average Bonchev–Trinajstić information content (AvgIpc) is 2.85. The van der Waals surface area contributed by atoms with Crippen LogP contribution in [0.15, 0.2) is 6.33 Å². The summed E-state index contributed by atoms with van der Waals surface area (Å²) in [6.07, 6.45) is 5.84. The monoisotopic (exact) mass is 240 g/mol. The fraction of sp³-hybridized carbons (Fsp3) is 0.727. The van der Waals surface area contributed by atoms with Crippen molar-refractivity contribution in [1.29, 1.82) is 0 Å². The maximum Gasteiger partial charge on any atom is 0.219 e. The Morgan fingerprint density at radius 3 is 3.00 bits per heavy atom. The van der Waals surface area contributed by atoms with Crippen molar-refractivity contribution >= 4 is 5.91 Å². The van der Waals surface area contributed by atoms with Gasteiger partial charge in [0.2, 0.25) is 5.91 Å². The molecule has 0 aliphatic rings. The van der Waals surface area contributed by atoms with Gasteiger partial charge in [0.05, 0.1) is 6.61 Å². The van der Waals surface area contributed by atoms with Gasteiger partial charge >= 0.3 is 0 Å². The Morgan fingerprint density at radius 2 is 2.29 bits per heavy atom. The molecule has 2 N–H and O–H groups in total. The number of aromatic amines is 1. The lowest BCUT2D eigenvalue weighted by atomic mass is 10.2. The van der Waals surface area contributed by atoms with E-state index < -0.39 is 0 Å². The van der Waals surface area contributed by atoms with Crippen LogP contribution in [0.5, 0.6) is 0 Å². The Balaban J connectivity index is 1.83. The Labute approximate surface area is 101 Å². The average molecular weight is 240 g/mol. The lowest BCUT2D eigenvalue weighted by Crippen LogP contribution is -2.16. The van der Waals surface area contributed by atoms with Crippen LogP contribution in [0.1, 0.15) is 31.5 Å². The Hall–Kier alpha value is -1.43. The zero-order valence-corrected chi connectivity index (χ0v) is 10.2. The molecule has 0 saturated heterocycles. The van der Waals surface area contributed by atoms with Crippen molar-refractivity contribution < 1.29 is 9.53 Å². The molecule has 6 heteroatoms. The molecule has 1 heterocycles. The lowest BCUT2D eigenvalue weighted by molar-refractivity contribution is -0.120. The number of carbonyl (C=O) groups is 1. The van der Waals surface area contributed by atoms with Crippen LogP contribution in [0.3, 0.4) is 0 Å². The fourth-order valence-electron chi connectivity index (χ4n) is 1.41. The number of ether oxygens (including phenoxy) is 1. The summed E-state index contributed by atoms with van der Waals surface area (Å²) < 4.78 is 5.45. The van der Waals surface area contributed by atoms with Crippen molar-refractivity contribution in [2.45, 2.75) is 32.1 Å². The summed E-state index contributed by atoms with van der Waals surface area (Å²) in [6.45, 7) is 1.38. The second-order valence-electron chi connectivity index (χ2n) is 3.76. The second-order valence-corrected chi connectivity index (χ2v) is 3.76. The predicted molar refractivity (Wildman–Crippen MR) is 63.4 cm³/mol. The summed E-state index contributed by atoms with van der Waals surface area (Å²) in [6, 6.07) is 0. The van der Waals surface area contributed by atoms with E-state index in [-0.39, 0.29) is 5.91 Å². The third kappa shape index (κ3) is 6.68. The highest BCUT2D eigenvalue weighted by molar-refractivity contribution is 5.75. The molecule has 1 amide bonds. The third-order valence-corrected chi connectivity index (χ3v) is 2.41. The molecular weight excluding hydrogens is 220 g/mol. The molecule has 0 aliphatic heterocycles. The molecular formula is C11H20N4O2. The summed E-state index contributed by atoms with van der Waals surface area (Å²) in [5.74, 6) is 0.889. The van der Waals surface area contributed by atoms with Crippen LogP contribution in [0.4, 0.5) is 0 Å². The van der Waals surface area contributed by atoms with Gasteiger partial charge in [0, 0.05) is 26.5 Å². The van der Waals surface area contributed by atoms with Crippen molar-refractivity contribution in [1.82, 2.24) is 20.5 Å². The van der Waals surface area contributed by atoms with Gasteiger partial charge in [-0.2, -0.15) is 5.10 Å². The van der Waals surface area contributed by atoms with E-state index >= 15 is 0 Å². The number of rotatable bonds is 9. The van der Waals surface area contributed by atoms with Crippen LogP contribution < -0.4 is 5.32 Å². The molecule has 0 aliphatic carbocycles. The number of hydrogen-bond donors (Lipinski definition) is 2. The molecule has 0 fully saturated rings. The smallest absolute Gasteiger partial charge is 0.219 e. The first-order chi connectivity index (χ1) is 8.33. The van der Waals surface area contributed by atoms with Crippen LogP contribution in [0.25, 0.3) is 0 Å². The minimum absolute atomic E-state index is 0.107. The van der Waals surface area contributed by atoms with Crippen LogP contribution in [0, 0.1) is 0 Å². The molecule has 96 valence electrons. The SMILES string of the molecule is CNC(=O)CCCCCOCCc1nc[nH]n1. The molecule has 1 aromatic heterocycles. The molecule has 0 unspecified atom stereocenters. The van der Waals surface area contributed by atoms with Crippen molar-refractivity contribution in [3.8, 4) is 0 Å².